The first-order valence-electron chi connectivity index (χ1n) is 9.79. The minimum atomic E-state index is -4.31. The monoisotopic (exact) mass is 492 g/mol. The van der Waals surface area contributed by atoms with Crippen LogP contribution in [-0.2, 0) is 24.5 Å². The lowest BCUT2D eigenvalue weighted by atomic mass is 10.0. The molecule has 2 N–H and O–H groups in total. The third-order valence-corrected chi connectivity index (χ3v) is 9.72. The summed E-state index contributed by atoms with van der Waals surface area (Å²) in [4.78, 5) is 16.1. The molecule has 2 heterocycles. The fourth-order valence-corrected chi connectivity index (χ4v) is 7.40. The zero-order chi connectivity index (χ0) is 23.7. The number of amides is 1. The fourth-order valence-electron chi connectivity index (χ4n) is 3.64. The van der Waals surface area contributed by atoms with Crippen LogP contribution in [0.3, 0.4) is 0 Å². The Morgan fingerprint density at radius 1 is 1.03 bits per heavy atom. The van der Waals surface area contributed by atoms with Crippen LogP contribution < -0.4 is 10.2 Å². The lowest BCUT2D eigenvalue weighted by Crippen LogP contribution is -2.55. The van der Waals surface area contributed by atoms with Crippen LogP contribution in [0.25, 0.3) is 5.69 Å². The van der Waals surface area contributed by atoms with Gasteiger partial charge in [0.05, 0.1) is 22.1 Å². The summed E-state index contributed by atoms with van der Waals surface area (Å²) in [5.74, 6) is -1.22. The van der Waals surface area contributed by atoms with E-state index in [1.807, 2.05) is 0 Å². The first-order chi connectivity index (χ1) is 15.7. The van der Waals surface area contributed by atoms with Gasteiger partial charge in [-0.05, 0) is 61.4 Å². The average molecular weight is 493 g/mol. The highest BCUT2D eigenvalue weighted by atomic mass is 32.2. The summed E-state index contributed by atoms with van der Waals surface area (Å²) in [5, 5.41) is 13.2. The second kappa shape index (κ2) is 8.57. The zero-order valence-electron chi connectivity index (χ0n) is 17.2. The highest BCUT2D eigenvalue weighted by Crippen LogP contribution is 2.37. The lowest BCUT2D eigenvalue weighted by Gasteiger charge is -2.34. The maximum Gasteiger partial charge on any atom is 0.265 e. The minimum Gasteiger partial charge on any atom is -0.457 e. The Balaban J connectivity index is 1.55. The molecule has 0 spiro atoms. The number of hydrogen-bond acceptors (Lipinski definition) is 9. The van der Waals surface area contributed by atoms with Gasteiger partial charge in [0, 0.05) is 0 Å². The van der Waals surface area contributed by atoms with Crippen molar-refractivity contribution in [2.75, 3.05) is 11.5 Å². The Morgan fingerprint density at radius 2 is 1.61 bits per heavy atom. The molecule has 0 atom stereocenters. The molecular formula is C20H20N4O7S2. The Kier molecular flexibility index (Phi) is 5.95. The van der Waals surface area contributed by atoms with Gasteiger partial charge in [0.2, 0.25) is 0 Å². The predicted molar refractivity (Wildman–Crippen MR) is 116 cm³/mol. The molecule has 2 aromatic carbocycles. The van der Waals surface area contributed by atoms with Crippen LogP contribution in [0.5, 0.6) is 11.5 Å². The lowest BCUT2D eigenvalue weighted by molar-refractivity contribution is -0.132. The van der Waals surface area contributed by atoms with Crippen molar-refractivity contribution in [1.29, 1.82) is 0 Å². The molecule has 1 fully saturated rings. The van der Waals surface area contributed by atoms with Crippen LogP contribution >= 0.6 is 0 Å². The molecule has 33 heavy (non-hydrogen) atoms. The van der Waals surface area contributed by atoms with Crippen molar-refractivity contribution in [2.24, 2.45) is 0 Å². The van der Waals surface area contributed by atoms with Gasteiger partial charge in [-0.1, -0.05) is 0 Å². The van der Waals surface area contributed by atoms with E-state index in [1.54, 1.807) is 35.3 Å². The molecule has 1 amide bonds. The molecule has 1 aliphatic rings. The SMILES string of the molecule is O=C(NO)C1(S(=O)(=O)c2ccc(Oc3ccc(-n4cncn4)cc3)cc2)CCS(=O)(=O)CC1. The summed E-state index contributed by atoms with van der Waals surface area (Å²) in [5.41, 5.74) is 2.17. The molecule has 0 aliphatic carbocycles. The highest BCUT2D eigenvalue weighted by molar-refractivity contribution is 7.94. The van der Waals surface area contributed by atoms with Gasteiger partial charge in [-0.2, -0.15) is 5.10 Å². The summed E-state index contributed by atoms with van der Waals surface area (Å²) < 4.78 is 55.5. The van der Waals surface area contributed by atoms with E-state index in [-0.39, 0.29) is 4.90 Å². The first kappa shape index (κ1) is 22.9. The van der Waals surface area contributed by atoms with Gasteiger partial charge in [0.1, 0.15) is 34.0 Å². The Hall–Kier alpha value is -3.29. The van der Waals surface area contributed by atoms with Crippen molar-refractivity contribution >= 4 is 25.6 Å². The molecule has 0 bridgehead atoms. The Labute approximate surface area is 189 Å². The molecule has 1 aromatic heterocycles. The number of sulfone groups is 2. The van der Waals surface area contributed by atoms with Crippen molar-refractivity contribution in [3.63, 3.8) is 0 Å². The van der Waals surface area contributed by atoms with Gasteiger partial charge in [-0.25, -0.2) is 32.0 Å². The van der Waals surface area contributed by atoms with Gasteiger partial charge in [-0.3, -0.25) is 10.0 Å². The smallest absolute Gasteiger partial charge is 0.265 e. The van der Waals surface area contributed by atoms with Crippen LogP contribution in [0.15, 0.2) is 66.1 Å². The van der Waals surface area contributed by atoms with Gasteiger partial charge in [0.25, 0.3) is 5.91 Å². The summed E-state index contributed by atoms with van der Waals surface area (Å²) in [6, 6.07) is 12.4. The van der Waals surface area contributed by atoms with Crippen molar-refractivity contribution < 1.29 is 31.6 Å². The largest absolute Gasteiger partial charge is 0.457 e. The number of hydrogen-bond donors (Lipinski definition) is 2. The predicted octanol–water partition coefficient (Wildman–Crippen LogP) is 1.29. The van der Waals surface area contributed by atoms with E-state index >= 15 is 0 Å². The van der Waals surface area contributed by atoms with E-state index in [4.69, 9.17) is 9.94 Å². The van der Waals surface area contributed by atoms with E-state index in [1.165, 1.54) is 36.1 Å². The van der Waals surface area contributed by atoms with E-state index in [2.05, 4.69) is 10.1 Å². The first-order valence-corrected chi connectivity index (χ1v) is 13.1. The van der Waals surface area contributed by atoms with Crippen molar-refractivity contribution in [2.45, 2.75) is 22.5 Å². The number of rotatable bonds is 6. The molecule has 1 aliphatic heterocycles. The van der Waals surface area contributed by atoms with Crippen molar-refractivity contribution in [1.82, 2.24) is 20.2 Å². The van der Waals surface area contributed by atoms with E-state index in [9.17, 15) is 21.6 Å². The zero-order valence-corrected chi connectivity index (χ0v) is 18.8. The maximum atomic E-state index is 13.3. The van der Waals surface area contributed by atoms with Crippen LogP contribution in [0, 0.1) is 0 Å². The number of aromatic nitrogens is 3. The Morgan fingerprint density at radius 3 is 2.12 bits per heavy atom. The standard InChI is InChI=1S/C20H20N4O7S2/c25-19(23-26)20(9-11-32(27,28)12-10-20)33(29,30)18-7-5-17(6-8-18)31-16-3-1-15(2-4-16)24-14-21-13-22-24/h1-8,13-14,26H,9-12H2,(H,23,25). The molecule has 174 valence electrons. The summed E-state index contributed by atoms with van der Waals surface area (Å²) in [7, 11) is -7.77. The van der Waals surface area contributed by atoms with E-state index in [0.29, 0.717) is 11.5 Å². The van der Waals surface area contributed by atoms with E-state index in [0.717, 1.165) is 5.69 Å². The number of carbonyl (C=O) groups is 1. The molecule has 1 saturated heterocycles. The molecule has 4 rings (SSSR count). The van der Waals surface area contributed by atoms with Crippen LogP contribution in [0.2, 0.25) is 0 Å². The third-order valence-electron chi connectivity index (χ3n) is 5.55. The minimum absolute atomic E-state index is 0.181. The molecule has 11 nitrogen and oxygen atoms in total. The van der Waals surface area contributed by atoms with E-state index < -0.39 is 54.7 Å². The molecule has 3 aromatic rings. The molecule has 0 saturated carbocycles. The number of ether oxygens (including phenoxy) is 1. The maximum absolute atomic E-state index is 13.3. The van der Waals surface area contributed by atoms with Gasteiger partial charge in [-0.15, -0.1) is 0 Å². The van der Waals surface area contributed by atoms with Crippen LogP contribution in [-0.4, -0.2) is 59.0 Å². The van der Waals surface area contributed by atoms with Gasteiger partial charge < -0.3 is 4.74 Å². The summed E-state index contributed by atoms with van der Waals surface area (Å²) >= 11 is 0. The molecule has 0 radical (unpaired) electrons. The third kappa shape index (κ3) is 4.34. The number of hydroxylamine groups is 1. The van der Waals surface area contributed by atoms with Gasteiger partial charge >= 0.3 is 0 Å². The van der Waals surface area contributed by atoms with Crippen LogP contribution in [0.4, 0.5) is 0 Å². The summed E-state index contributed by atoms with van der Waals surface area (Å²) in [6.07, 6.45) is 2.09. The summed E-state index contributed by atoms with van der Waals surface area (Å²) in [6.45, 7) is 0. The Bertz CT molecular complexity index is 1340. The number of benzene rings is 2. The number of carbonyl (C=O) groups excluding carboxylic acids is 1. The van der Waals surface area contributed by atoms with Crippen LogP contribution in [0.1, 0.15) is 12.8 Å². The molecule has 0 unspecified atom stereocenters. The average Bonchev–Trinajstić information content (AvgIpc) is 3.34. The second-order valence-electron chi connectivity index (χ2n) is 7.50. The molecular weight excluding hydrogens is 472 g/mol. The normalized spacial score (nSPS) is 17.2. The number of nitrogens with one attached hydrogen (secondary N) is 1. The van der Waals surface area contributed by atoms with Crippen molar-refractivity contribution in [3.05, 3.63) is 61.2 Å². The van der Waals surface area contributed by atoms with Crippen molar-refractivity contribution in [3.8, 4) is 17.2 Å². The quantitative estimate of drug-likeness (QED) is 0.382. The fraction of sp³-hybridized carbons (Fsp3) is 0.250. The number of nitrogens with zero attached hydrogens (tertiary/aromatic N) is 3. The second-order valence-corrected chi connectivity index (χ2v) is 12.1. The highest BCUT2D eigenvalue weighted by Gasteiger charge is 2.54. The van der Waals surface area contributed by atoms with Gasteiger partial charge in [0.15, 0.2) is 14.6 Å². The topological polar surface area (TPSA) is 158 Å². The molecule has 13 heteroatoms.